The number of carbonyl (C=O) groups excluding carboxylic acids is 3. The minimum absolute atomic E-state index is 0.133. The van der Waals surface area contributed by atoms with Crippen molar-refractivity contribution in [1.82, 2.24) is 4.90 Å². The molecular formula is C22H17ClN2O3. The third kappa shape index (κ3) is 2.40. The summed E-state index contributed by atoms with van der Waals surface area (Å²) in [5.41, 5.74) is 1.43. The van der Waals surface area contributed by atoms with E-state index >= 15 is 0 Å². The number of anilines is 1. The molecule has 0 aromatic heterocycles. The molecule has 2 amide bonds. The van der Waals surface area contributed by atoms with Crippen molar-refractivity contribution in [3.8, 4) is 0 Å². The number of amides is 2. The van der Waals surface area contributed by atoms with Crippen molar-refractivity contribution in [3.05, 3.63) is 77.3 Å². The summed E-state index contributed by atoms with van der Waals surface area (Å²) in [6.07, 6.45) is 3.28. The molecule has 140 valence electrons. The molecule has 28 heavy (non-hydrogen) atoms. The number of benzene rings is 2. The first-order valence-electron chi connectivity index (χ1n) is 9.22. The van der Waals surface area contributed by atoms with E-state index in [2.05, 4.69) is 0 Å². The van der Waals surface area contributed by atoms with Crippen molar-refractivity contribution in [2.24, 2.45) is 11.8 Å². The van der Waals surface area contributed by atoms with Crippen LogP contribution >= 0.6 is 11.6 Å². The van der Waals surface area contributed by atoms with E-state index in [1.54, 1.807) is 36.4 Å². The van der Waals surface area contributed by atoms with Crippen LogP contribution in [0.25, 0.3) is 0 Å². The topological polar surface area (TPSA) is 57.7 Å². The van der Waals surface area contributed by atoms with E-state index in [4.69, 9.17) is 11.6 Å². The number of carbonyl (C=O) groups is 3. The minimum Gasteiger partial charge on any atom is -0.293 e. The van der Waals surface area contributed by atoms with Crippen molar-refractivity contribution in [2.45, 2.75) is 18.6 Å². The number of ketones is 1. The van der Waals surface area contributed by atoms with E-state index in [0.717, 1.165) is 5.56 Å². The van der Waals surface area contributed by atoms with Crippen molar-refractivity contribution in [1.29, 1.82) is 0 Å². The third-order valence-electron chi connectivity index (χ3n) is 5.92. The van der Waals surface area contributed by atoms with Gasteiger partial charge in [-0.05, 0) is 29.8 Å². The highest BCUT2D eigenvalue weighted by Crippen LogP contribution is 2.47. The van der Waals surface area contributed by atoms with Crippen LogP contribution in [0.4, 0.5) is 5.69 Å². The fourth-order valence-corrected chi connectivity index (χ4v) is 4.92. The molecule has 3 aliphatic heterocycles. The van der Waals surface area contributed by atoms with E-state index in [9.17, 15) is 14.4 Å². The molecule has 0 spiro atoms. The zero-order valence-electron chi connectivity index (χ0n) is 14.9. The lowest BCUT2D eigenvalue weighted by molar-refractivity contribution is -0.129. The maximum atomic E-state index is 13.2. The summed E-state index contributed by atoms with van der Waals surface area (Å²) in [6, 6.07) is 15.4. The van der Waals surface area contributed by atoms with Crippen LogP contribution in [0.15, 0.2) is 66.7 Å². The zero-order chi connectivity index (χ0) is 19.4. The summed E-state index contributed by atoms with van der Waals surface area (Å²) in [5, 5.41) is 0.609. The Morgan fingerprint density at radius 1 is 0.857 bits per heavy atom. The number of para-hydroxylation sites is 1. The van der Waals surface area contributed by atoms with Crippen molar-refractivity contribution < 1.29 is 14.4 Å². The van der Waals surface area contributed by atoms with Crippen molar-refractivity contribution in [3.63, 3.8) is 0 Å². The molecule has 2 aromatic carbocycles. The molecule has 2 saturated heterocycles. The lowest BCUT2D eigenvalue weighted by Gasteiger charge is -2.33. The van der Waals surface area contributed by atoms with Gasteiger partial charge in [0.15, 0.2) is 5.78 Å². The average molecular weight is 393 g/mol. The van der Waals surface area contributed by atoms with E-state index in [1.165, 1.54) is 11.0 Å². The molecule has 4 atom stereocenters. The summed E-state index contributed by atoms with van der Waals surface area (Å²) in [6.45, 7) is 0.421. The third-order valence-corrected chi connectivity index (χ3v) is 6.29. The van der Waals surface area contributed by atoms with Crippen LogP contribution in [0.5, 0.6) is 0 Å². The fraction of sp³-hybridized carbons (Fsp3) is 0.227. The number of imide groups is 1. The maximum Gasteiger partial charge on any atom is 0.239 e. The Morgan fingerprint density at radius 2 is 1.54 bits per heavy atom. The molecule has 6 heteroatoms. The zero-order valence-corrected chi connectivity index (χ0v) is 15.6. The normalized spacial score (nSPS) is 28.9. The summed E-state index contributed by atoms with van der Waals surface area (Å²) in [5.74, 6) is -1.88. The van der Waals surface area contributed by atoms with E-state index in [1.807, 2.05) is 29.2 Å². The smallest absolute Gasteiger partial charge is 0.239 e. The van der Waals surface area contributed by atoms with Crippen LogP contribution in [0.2, 0.25) is 5.02 Å². The molecule has 3 aliphatic rings. The predicted molar refractivity (Wildman–Crippen MR) is 105 cm³/mol. The quantitative estimate of drug-likeness (QED) is 0.754. The molecule has 3 heterocycles. The first-order valence-corrected chi connectivity index (χ1v) is 9.60. The monoisotopic (exact) mass is 392 g/mol. The van der Waals surface area contributed by atoms with E-state index in [-0.39, 0.29) is 23.6 Å². The van der Waals surface area contributed by atoms with Crippen molar-refractivity contribution in [2.75, 3.05) is 4.90 Å². The first kappa shape index (κ1) is 17.3. The molecule has 0 unspecified atom stereocenters. The number of rotatable bonds is 3. The second-order valence-electron chi connectivity index (χ2n) is 7.36. The minimum atomic E-state index is -0.664. The highest BCUT2D eigenvalue weighted by molar-refractivity contribution is 6.31. The number of nitrogens with zero attached hydrogens (tertiary/aromatic N) is 2. The van der Waals surface area contributed by atoms with Crippen LogP contribution < -0.4 is 4.90 Å². The lowest BCUT2D eigenvalue weighted by Crippen LogP contribution is -2.48. The Labute approximate surface area is 167 Å². The number of hydrogen-bond donors (Lipinski definition) is 0. The Kier molecular flexibility index (Phi) is 3.96. The van der Waals surface area contributed by atoms with Gasteiger partial charge in [0, 0.05) is 17.6 Å². The van der Waals surface area contributed by atoms with Gasteiger partial charge in [-0.15, -0.1) is 0 Å². The van der Waals surface area contributed by atoms with Crippen LogP contribution in [-0.4, -0.2) is 34.6 Å². The second-order valence-corrected chi connectivity index (χ2v) is 7.77. The summed E-state index contributed by atoms with van der Waals surface area (Å²) < 4.78 is 0. The van der Waals surface area contributed by atoms with Crippen LogP contribution in [0, 0.1) is 11.8 Å². The van der Waals surface area contributed by atoms with E-state index in [0.29, 0.717) is 17.3 Å². The van der Waals surface area contributed by atoms with Gasteiger partial charge in [-0.2, -0.15) is 0 Å². The number of hydrogen-bond acceptors (Lipinski definition) is 4. The van der Waals surface area contributed by atoms with Gasteiger partial charge in [-0.1, -0.05) is 54.1 Å². The molecule has 5 nitrogen and oxygen atoms in total. The van der Waals surface area contributed by atoms with Gasteiger partial charge >= 0.3 is 0 Å². The fourth-order valence-electron chi connectivity index (χ4n) is 4.72. The molecule has 0 radical (unpaired) electrons. The van der Waals surface area contributed by atoms with E-state index < -0.39 is 17.9 Å². The lowest BCUT2D eigenvalue weighted by atomic mass is 9.90. The Bertz CT molecular complexity index is 1020. The highest BCUT2D eigenvalue weighted by atomic mass is 35.5. The van der Waals surface area contributed by atoms with Crippen molar-refractivity contribution >= 4 is 34.9 Å². The van der Waals surface area contributed by atoms with Gasteiger partial charge in [0.05, 0.1) is 23.6 Å². The molecule has 2 aromatic rings. The Hall–Kier alpha value is -2.76. The van der Waals surface area contributed by atoms with Gasteiger partial charge in [0.1, 0.15) is 0 Å². The van der Waals surface area contributed by atoms with Crippen LogP contribution in [-0.2, 0) is 20.9 Å². The Morgan fingerprint density at radius 3 is 2.29 bits per heavy atom. The first-order chi connectivity index (χ1) is 13.6. The highest BCUT2D eigenvalue weighted by Gasteiger charge is 2.64. The summed E-state index contributed by atoms with van der Waals surface area (Å²) in [7, 11) is 0. The molecule has 2 bridgehead atoms. The van der Waals surface area contributed by atoms with Gasteiger partial charge < -0.3 is 0 Å². The standard InChI is InChI=1S/C22H17ClN2O3/c23-15-9-5-4-6-13(15)12-24-16-10-11-17(26)20(24)19-18(16)21(27)25(22(19)28)14-7-2-1-3-8-14/h1-11,16,18-20H,12H2/t16-,18-,19-,20+/m0/s1. The second kappa shape index (κ2) is 6.40. The summed E-state index contributed by atoms with van der Waals surface area (Å²) >= 11 is 6.31. The average Bonchev–Trinajstić information content (AvgIpc) is 3.08. The van der Waals surface area contributed by atoms with Gasteiger partial charge in [0.2, 0.25) is 11.8 Å². The molecule has 5 rings (SSSR count). The van der Waals surface area contributed by atoms with Gasteiger partial charge in [0.25, 0.3) is 0 Å². The van der Waals surface area contributed by atoms with Crippen LogP contribution in [0.1, 0.15) is 5.56 Å². The van der Waals surface area contributed by atoms with Gasteiger partial charge in [-0.25, -0.2) is 4.90 Å². The maximum absolute atomic E-state index is 13.2. The number of halogens is 1. The van der Waals surface area contributed by atoms with Crippen LogP contribution in [0.3, 0.4) is 0 Å². The molecule has 2 fully saturated rings. The number of fused-ring (bicyclic) bond motifs is 5. The largest absolute Gasteiger partial charge is 0.293 e. The van der Waals surface area contributed by atoms with Gasteiger partial charge in [-0.3, -0.25) is 19.3 Å². The molecule has 0 aliphatic carbocycles. The Balaban J connectivity index is 1.53. The summed E-state index contributed by atoms with van der Waals surface area (Å²) in [4.78, 5) is 42.4. The molecule has 0 saturated carbocycles. The SMILES string of the molecule is O=C1C=C[C@H]2[C@@H]3C(=O)N(c4ccccc4)C(=O)[C@@H]3[C@@H]1N2Cc1ccccc1Cl. The molecular weight excluding hydrogens is 376 g/mol. The molecule has 0 N–H and O–H groups in total. The predicted octanol–water partition coefficient (Wildman–Crippen LogP) is 2.84.